The van der Waals surface area contributed by atoms with E-state index in [4.69, 9.17) is 0 Å². The average molecular weight is 355 g/mol. The number of thioether (sulfide) groups is 2. The average Bonchev–Trinajstić information content (AvgIpc) is 3.18. The van der Waals surface area contributed by atoms with E-state index in [0.717, 1.165) is 48.9 Å². The molecule has 3 rings (SSSR count). The molecule has 0 radical (unpaired) electrons. The lowest BCUT2D eigenvalue weighted by atomic mass is 9.99. The maximum Gasteiger partial charge on any atom is 0.242 e. The van der Waals surface area contributed by atoms with E-state index in [2.05, 4.69) is 4.99 Å². The van der Waals surface area contributed by atoms with Crippen molar-refractivity contribution in [2.75, 3.05) is 37.7 Å². The molecule has 6 nitrogen and oxygen atoms in total. The van der Waals surface area contributed by atoms with Crippen LogP contribution in [0.3, 0.4) is 0 Å². The molecule has 0 atom stereocenters. The highest BCUT2D eigenvalue weighted by atomic mass is 32.2. The largest absolute Gasteiger partial charge is 0.341 e. The summed E-state index contributed by atoms with van der Waals surface area (Å²) in [6.45, 7) is 2.30. The third-order valence-electron chi connectivity index (χ3n) is 4.42. The Labute approximate surface area is 144 Å². The second-order valence-electron chi connectivity index (χ2n) is 6.00. The minimum atomic E-state index is -0.218. The molecule has 8 heteroatoms. The Balaban J connectivity index is 1.40. The van der Waals surface area contributed by atoms with E-state index in [1.165, 1.54) is 4.38 Å². The van der Waals surface area contributed by atoms with Crippen molar-refractivity contribution in [3.63, 3.8) is 0 Å². The highest BCUT2D eigenvalue weighted by Crippen LogP contribution is 2.28. The number of likely N-dealkylation sites (tertiary alicyclic amines) is 2. The number of piperidine rings is 1. The van der Waals surface area contributed by atoms with Crippen LogP contribution < -0.4 is 0 Å². The fourth-order valence-corrected chi connectivity index (χ4v) is 5.20. The van der Waals surface area contributed by atoms with Crippen molar-refractivity contribution in [1.29, 1.82) is 0 Å². The standard InChI is InChI=1S/C15H21N3O3S2/c19-12-1-2-13(20)18(12)9-14(21)17-6-3-11(4-7-17)10-23-15-16-5-8-22-15/h11H,1-10H2. The summed E-state index contributed by atoms with van der Waals surface area (Å²) in [5.41, 5.74) is 0. The van der Waals surface area contributed by atoms with Gasteiger partial charge in [-0.05, 0) is 18.8 Å². The third kappa shape index (κ3) is 4.29. The molecule has 0 bridgehead atoms. The first kappa shape index (κ1) is 16.8. The van der Waals surface area contributed by atoms with E-state index < -0.39 is 0 Å². The summed E-state index contributed by atoms with van der Waals surface area (Å²) >= 11 is 3.67. The lowest BCUT2D eigenvalue weighted by Gasteiger charge is -2.32. The van der Waals surface area contributed by atoms with Gasteiger partial charge in [-0.15, -0.1) is 0 Å². The van der Waals surface area contributed by atoms with Crippen molar-refractivity contribution in [1.82, 2.24) is 9.80 Å². The molecule has 3 heterocycles. The smallest absolute Gasteiger partial charge is 0.242 e. The molecule has 126 valence electrons. The maximum absolute atomic E-state index is 12.3. The van der Waals surface area contributed by atoms with E-state index in [-0.39, 0.29) is 37.1 Å². The van der Waals surface area contributed by atoms with Gasteiger partial charge in [0.15, 0.2) is 0 Å². The van der Waals surface area contributed by atoms with E-state index in [1.807, 2.05) is 23.5 Å². The molecule has 3 amide bonds. The first-order valence-corrected chi connectivity index (χ1v) is 10.0. The van der Waals surface area contributed by atoms with Gasteiger partial charge >= 0.3 is 0 Å². The number of rotatable bonds is 4. The van der Waals surface area contributed by atoms with Crippen LogP contribution in [-0.2, 0) is 14.4 Å². The number of amides is 3. The quantitative estimate of drug-likeness (QED) is 0.709. The van der Waals surface area contributed by atoms with E-state index in [9.17, 15) is 14.4 Å². The number of carbonyl (C=O) groups excluding carboxylic acids is 3. The van der Waals surface area contributed by atoms with Gasteiger partial charge in [-0.1, -0.05) is 23.5 Å². The van der Waals surface area contributed by atoms with E-state index >= 15 is 0 Å². The molecule has 3 aliphatic heterocycles. The van der Waals surface area contributed by atoms with Crippen LogP contribution in [0.4, 0.5) is 0 Å². The Morgan fingerprint density at radius 3 is 2.52 bits per heavy atom. The fourth-order valence-electron chi connectivity index (χ4n) is 2.98. The number of hydrogen-bond acceptors (Lipinski definition) is 6. The van der Waals surface area contributed by atoms with Crippen LogP contribution in [0.1, 0.15) is 25.7 Å². The van der Waals surface area contributed by atoms with Crippen LogP contribution in [0.2, 0.25) is 0 Å². The minimum absolute atomic E-state index is 0.0788. The van der Waals surface area contributed by atoms with Crippen molar-refractivity contribution in [3.8, 4) is 0 Å². The maximum atomic E-state index is 12.3. The summed E-state index contributed by atoms with van der Waals surface area (Å²) in [5, 5.41) is 0. The molecule has 2 fully saturated rings. The lowest BCUT2D eigenvalue weighted by molar-refractivity contribution is -0.146. The molecular formula is C15H21N3O3S2. The SMILES string of the molecule is O=C(CN1C(=O)CCC1=O)N1CCC(CSC2=NCCS2)CC1. The molecule has 0 saturated carbocycles. The number of carbonyl (C=O) groups is 3. The molecule has 3 aliphatic rings. The summed E-state index contributed by atoms with van der Waals surface area (Å²) in [6.07, 6.45) is 2.46. The molecule has 0 aliphatic carbocycles. The lowest BCUT2D eigenvalue weighted by Crippen LogP contribution is -2.45. The second-order valence-corrected chi connectivity index (χ2v) is 8.36. The Morgan fingerprint density at radius 2 is 1.91 bits per heavy atom. The predicted octanol–water partition coefficient (Wildman–Crippen LogP) is 1.21. The second kappa shape index (κ2) is 7.70. The van der Waals surface area contributed by atoms with Gasteiger partial charge in [0.2, 0.25) is 17.7 Å². The summed E-state index contributed by atoms with van der Waals surface area (Å²) in [7, 11) is 0. The normalized spacial score (nSPS) is 22.9. The van der Waals surface area contributed by atoms with Crippen molar-refractivity contribution >= 4 is 45.6 Å². The van der Waals surface area contributed by atoms with E-state index in [1.54, 1.807) is 4.90 Å². The van der Waals surface area contributed by atoms with Crippen molar-refractivity contribution in [3.05, 3.63) is 0 Å². The highest BCUT2D eigenvalue weighted by Gasteiger charge is 2.32. The van der Waals surface area contributed by atoms with Gasteiger partial charge in [-0.3, -0.25) is 24.3 Å². The van der Waals surface area contributed by atoms with Crippen LogP contribution in [0.25, 0.3) is 0 Å². The zero-order valence-electron chi connectivity index (χ0n) is 13.0. The number of hydrogen-bond donors (Lipinski definition) is 0. The molecular weight excluding hydrogens is 334 g/mol. The van der Waals surface area contributed by atoms with Gasteiger partial charge in [-0.2, -0.15) is 0 Å². The zero-order chi connectivity index (χ0) is 16.2. The van der Waals surface area contributed by atoms with Crippen molar-refractivity contribution in [2.24, 2.45) is 10.9 Å². The third-order valence-corrected chi connectivity index (χ3v) is 6.90. The summed E-state index contributed by atoms with van der Waals surface area (Å²) in [4.78, 5) is 42.8. The van der Waals surface area contributed by atoms with E-state index in [0.29, 0.717) is 5.92 Å². The minimum Gasteiger partial charge on any atom is -0.341 e. The molecule has 0 aromatic carbocycles. The summed E-state index contributed by atoms with van der Waals surface area (Å²) in [5.74, 6) is 2.24. The van der Waals surface area contributed by atoms with Crippen molar-refractivity contribution < 1.29 is 14.4 Å². The van der Waals surface area contributed by atoms with Gasteiger partial charge < -0.3 is 4.90 Å². The topological polar surface area (TPSA) is 70.1 Å². The Morgan fingerprint density at radius 1 is 1.22 bits per heavy atom. The molecule has 23 heavy (non-hydrogen) atoms. The molecule has 0 unspecified atom stereocenters. The number of imide groups is 1. The van der Waals surface area contributed by atoms with Gasteiger partial charge in [0.25, 0.3) is 0 Å². The molecule has 0 aromatic rings. The number of aliphatic imine (C=N–C) groups is 1. The van der Waals surface area contributed by atoms with Gasteiger partial charge in [0.05, 0.1) is 6.54 Å². The van der Waals surface area contributed by atoms with Gasteiger partial charge in [-0.25, -0.2) is 0 Å². The highest BCUT2D eigenvalue weighted by molar-refractivity contribution is 8.39. The first-order chi connectivity index (χ1) is 11.1. The Kier molecular flexibility index (Phi) is 5.63. The van der Waals surface area contributed by atoms with Crippen LogP contribution in [0.5, 0.6) is 0 Å². The fraction of sp³-hybridized carbons (Fsp3) is 0.733. The molecule has 0 aromatic heterocycles. The van der Waals surface area contributed by atoms with Crippen LogP contribution in [-0.4, -0.2) is 69.6 Å². The molecule has 2 saturated heterocycles. The number of nitrogens with zero attached hydrogens (tertiary/aromatic N) is 3. The van der Waals surface area contributed by atoms with Gasteiger partial charge in [0.1, 0.15) is 10.9 Å². The predicted molar refractivity (Wildman–Crippen MR) is 92.5 cm³/mol. The van der Waals surface area contributed by atoms with Crippen LogP contribution in [0.15, 0.2) is 4.99 Å². The molecule has 0 spiro atoms. The summed E-state index contributed by atoms with van der Waals surface area (Å²) in [6, 6.07) is 0. The Hall–Kier alpha value is -1.02. The Bertz CT molecular complexity index is 514. The monoisotopic (exact) mass is 355 g/mol. The van der Waals surface area contributed by atoms with Gasteiger partial charge in [0, 0.05) is 37.4 Å². The first-order valence-electron chi connectivity index (χ1n) is 8.04. The molecule has 0 N–H and O–H groups in total. The van der Waals surface area contributed by atoms with Crippen LogP contribution >= 0.6 is 23.5 Å². The zero-order valence-corrected chi connectivity index (χ0v) is 14.7. The van der Waals surface area contributed by atoms with Crippen LogP contribution in [0, 0.1) is 5.92 Å². The van der Waals surface area contributed by atoms with Crippen molar-refractivity contribution in [2.45, 2.75) is 25.7 Å². The summed E-state index contributed by atoms with van der Waals surface area (Å²) < 4.78 is 1.20.